The summed E-state index contributed by atoms with van der Waals surface area (Å²) in [5.74, 6) is 0. The lowest BCUT2D eigenvalue weighted by molar-refractivity contribution is 0.605. The zero-order valence-electron chi connectivity index (χ0n) is 6.27. The first kappa shape index (κ1) is 8.96. The van der Waals surface area contributed by atoms with Crippen molar-refractivity contribution in [3.8, 4) is 0 Å². The van der Waals surface area contributed by atoms with Gasteiger partial charge in [0.25, 0.3) is 0 Å². The van der Waals surface area contributed by atoms with Gasteiger partial charge in [-0.1, -0.05) is 30.3 Å². The van der Waals surface area contributed by atoms with Crippen LogP contribution in [0.2, 0.25) is 0 Å². The number of benzene rings is 1. The second kappa shape index (κ2) is 3.51. The molecule has 0 aromatic heterocycles. The molecule has 0 aliphatic heterocycles. The van der Waals surface area contributed by atoms with Gasteiger partial charge in [-0.3, -0.25) is 0 Å². The summed E-state index contributed by atoms with van der Waals surface area (Å²) in [6, 6.07) is 8.97. The van der Waals surface area contributed by atoms with E-state index in [9.17, 15) is 8.42 Å². The van der Waals surface area contributed by atoms with E-state index in [-0.39, 0.29) is 0 Å². The highest BCUT2D eigenvalue weighted by molar-refractivity contribution is 7.91. The highest BCUT2D eigenvalue weighted by Crippen LogP contribution is 2.01. The molecule has 63 valence electrons. The summed E-state index contributed by atoms with van der Waals surface area (Å²) in [4.78, 5) is 0. The summed E-state index contributed by atoms with van der Waals surface area (Å²) in [5, 5.41) is 7.43. The minimum Gasteiger partial charge on any atom is -0.206 e. The van der Waals surface area contributed by atoms with Crippen LogP contribution in [0.3, 0.4) is 0 Å². The fourth-order valence-corrected chi connectivity index (χ4v) is 1.07. The Balaban J connectivity index is 2.85. The second-order valence-electron chi connectivity index (χ2n) is 2.26. The summed E-state index contributed by atoms with van der Waals surface area (Å²) in [7, 11) is -3.75. The van der Waals surface area contributed by atoms with Crippen molar-refractivity contribution in [2.45, 2.75) is 0 Å². The molecule has 0 saturated carbocycles. The Morgan fingerprint density at radius 3 is 2.25 bits per heavy atom. The van der Waals surface area contributed by atoms with Gasteiger partial charge in [-0.15, -0.1) is 5.14 Å². The maximum absolute atomic E-state index is 10.4. The molecule has 0 heterocycles. The molecule has 0 unspecified atom stereocenters. The van der Waals surface area contributed by atoms with Gasteiger partial charge in [0.1, 0.15) is 0 Å². The minimum atomic E-state index is -3.75. The molecule has 1 aromatic carbocycles. The van der Waals surface area contributed by atoms with Crippen LogP contribution in [0.25, 0.3) is 6.08 Å². The van der Waals surface area contributed by atoms with Gasteiger partial charge in [0, 0.05) is 5.41 Å². The summed E-state index contributed by atoms with van der Waals surface area (Å²) >= 11 is 0. The molecule has 3 nitrogen and oxygen atoms in total. The Labute approximate surface area is 71.6 Å². The summed E-state index contributed by atoms with van der Waals surface area (Å²) in [6.45, 7) is 0. The van der Waals surface area contributed by atoms with Gasteiger partial charge in [0.15, 0.2) is 0 Å². The largest absolute Gasteiger partial charge is 0.247 e. The Morgan fingerprint density at radius 2 is 1.75 bits per heavy atom. The lowest BCUT2D eigenvalue weighted by Gasteiger charge is -1.89. The standard InChI is InChI=1S/C8H8NO2S/c9-12(10,11)7-6-8-4-2-1-3-5-8/h1-7,9H/b7-6+. The molecule has 0 aliphatic rings. The predicted octanol–water partition coefficient (Wildman–Crippen LogP) is 1.27. The number of sulfonamides is 1. The molecular formula is C8H8NO2S. The number of hydrogen-bond donors (Lipinski definition) is 0. The van der Waals surface area contributed by atoms with Crippen LogP contribution in [-0.4, -0.2) is 8.42 Å². The molecule has 1 rings (SSSR count). The van der Waals surface area contributed by atoms with Gasteiger partial charge in [-0.25, -0.2) is 8.42 Å². The van der Waals surface area contributed by atoms with Crippen molar-refractivity contribution < 1.29 is 8.42 Å². The van der Waals surface area contributed by atoms with Crippen molar-refractivity contribution in [1.82, 2.24) is 5.14 Å². The normalized spacial score (nSPS) is 12.1. The molecule has 0 fully saturated rings. The first-order chi connectivity index (χ1) is 5.58. The van der Waals surface area contributed by atoms with Crippen LogP contribution in [0.5, 0.6) is 0 Å². The molecule has 0 saturated heterocycles. The van der Waals surface area contributed by atoms with Gasteiger partial charge < -0.3 is 0 Å². The number of nitrogens with one attached hydrogen (secondary N) is 1. The monoisotopic (exact) mass is 182 g/mol. The van der Waals surface area contributed by atoms with Gasteiger partial charge >= 0.3 is 0 Å². The summed E-state index contributed by atoms with van der Waals surface area (Å²) in [6.07, 6.45) is 1.39. The zero-order chi connectivity index (χ0) is 9.03. The van der Waals surface area contributed by atoms with Crippen LogP contribution < -0.4 is 5.14 Å². The highest BCUT2D eigenvalue weighted by Gasteiger charge is 1.93. The van der Waals surface area contributed by atoms with E-state index < -0.39 is 10.0 Å². The molecule has 4 heteroatoms. The van der Waals surface area contributed by atoms with Crippen LogP contribution in [0.4, 0.5) is 0 Å². The Kier molecular flexibility index (Phi) is 2.62. The van der Waals surface area contributed by atoms with Crippen LogP contribution >= 0.6 is 0 Å². The minimum absolute atomic E-state index is 0.772. The lowest BCUT2D eigenvalue weighted by atomic mass is 10.2. The topological polar surface area (TPSA) is 57.9 Å². The van der Waals surface area contributed by atoms with E-state index in [0.29, 0.717) is 0 Å². The number of hydrogen-bond acceptors (Lipinski definition) is 2. The van der Waals surface area contributed by atoms with E-state index in [1.54, 1.807) is 24.3 Å². The lowest BCUT2D eigenvalue weighted by Crippen LogP contribution is -1.92. The Hall–Kier alpha value is -1.13. The molecule has 0 aliphatic carbocycles. The van der Waals surface area contributed by atoms with Crippen LogP contribution in [0.15, 0.2) is 35.7 Å². The van der Waals surface area contributed by atoms with Crippen molar-refractivity contribution in [2.75, 3.05) is 0 Å². The maximum atomic E-state index is 10.4. The van der Waals surface area contributed by atoms with E-state index in [1.165, 1.54) is 6.08 Å². The van der Waals surface area contributed by atoms with Gasteiger partial charge in [0.2, 0.25) is 10.0 Å². The molecule has 1 aromatic rings. The van der Waals surface area contributed by atoms with Crippen LogP contribution in [-0.2, 0) is 10.0 Å². The SMILES string of the molecule is [NH]S(=O)(=O)/C=C/c1ccccc1. The zero-order valence-corrected chi connectivity index (χ0v) is 7.08. The summed E-state index contributed by atoms with van der Waals surface area (Å²) in [5.41, 5.74) is 0.772. The van der Waals surface area contributed by atoms with E-state index >= 15 is 0 Å². The van der Waals surface area contributed by atoms with Crippen molar-refractivity contribution in [3.05, 3.63) is 41.3 Å². The first-order valence-electron chi connectivity index (χ1n) is 3.31. The molecule has 0 atom stereocenters. The fourth-order valence-electron chi connectivity index (χ4n) is 0.732. The molecule has 12 heavy (non-hydrogen) atoms. The van der Waals surface area contributed by atoms with Crippen LogP contribution in [0, 0.1) is 0 Å². The second-order valence-corrected chi connectivity index (χ2v) is 3.62. The highest BCUT2D eigenvalue weighted by atomic mass is 32.2. The maximum Gasteiger partial charge on any atom is 0.247 e. The van der Waals surface area contributed by atoms with E-state index in [1.807, 2.05) is 6.07 Å². The van der Waals surface area contributed by atoms with Crippen molar-refractivity contribution in [1.29, 1.82) is 0 Å². The smallest absolute Gasteiger partial charge is 0.206 e. The quantitative estimate of drug-likeness (QED) is 0.691. The third-order valence-electron chi connectivity index (χ3n) is 1.24. The molecular weight excluding hydrogens is 174 g/mol. The molecule has 1 N–H and O–H groups in total. The Bertz CT molecular complexity index is 367. The molecule has 0 bridgehead atoms. The van der Waals surface area contributed by atoms with E-state index in [4.69, 9.17) is 5.14 Å². The van der Waals surface area contributed by atoms with Gasteiger partial charge in [-0.05, 0) is 11.6 Å². The van der Waals surface area contributed by atoms with Gasteiger partial charge in [0.05, 0.1) is 0 Å². The average molecular weight is 182 g/mol. The van der Waals surface area contributed by atoms with Crippen molar-refractivity contribution in [2.24, 2.45) is 0 Å². The van der Waals surface area contributed by atoms with E-state index in [2.05, 4.69) is 0 Å². The van der Waals surface area contributed by atoms with Crippen molar-refractivity contribution in [3.63, 3.8) is 0 Å². The molecule has 0 amide bonds. The number of rotatable bonds is 2. The predicted molar refractivity (Wildman–Crippen MR) is 47.5 cm³/mol. The third-order valence-corrected chi connectivity index (χ3v) is 1.73. The summed E-state index contributed by atoms with van der Waals surface area (Å²) < 4.78 is 20.8. The fraction of sp³-hybridized carbons (Fsp3) is 0. The van der Waals surface area contributed by atoms with Gasteiger partial charge in [-0.2, -0.15) is 0 Å². The third kappa shape index (κ3) is 3.32. The van der Waals surface area contributed by atoms with E-state index in [0.717, 1.165) is 11.0 Å². The average Bonchev–Trinajstić information content (AvgIpc) is 2.02. The first-order valence-corrected chi connectivity index (χ1v) is 4.85. The molecule has 0 spiro atoms. The van der Waals surface area contributed by atoms with Crippen LogP contribution in [0.1, 0.15) is 5.56 Å². The van der Waals surface area contributed by atoms with Crippen molar-refractivity contribution >= 4 is 16.1 Å². The molecule has 1 radical (unpaired) electrons. The Morgan fingerprint density at radius 1 is 1.17 bits per heavy atom.